The molecular formula is C11H14BrClN4S. The molecule has 4 nitrogen and oxygen atoms in total. The number of hydrogen-bond donors (Lipinski definition) is 2. The van der Waals surface area contributed by atoms with Gasteiger partial charge < -0.3 is 0 Å². The van der Waals surface area contributed by atoms with Gasteiger partial charge in [0, 0.05) is 11.4 Å². The quantitative estimate of drug-likeness (QED) is 0.658. The summed E-state index contributed by atoms with van der Waals surface area (Å²) in [5.74, 6) is 5.70. The third-order valence-corrected chi connectivity index (χ3v) is 5.15. The fraction of sp³-hybridized carbons (Fsp3) is 0.364. The van der Waals surface area contributed by atoms with Gasteiger partial charge in [0.1, 0.15) is 0 Å². The molecule has 2 aromatic heterocycles. The Morgan fingerprint density at radius 3 is 2.89 bits per heavy atom. The summed E-state index contributed by atoms with van der Waals surface area (Å²) in [6, 6.07) is -0.159. The predicted molar refractivity (Wildman–Crippen MR) is 78.8 cm³/mol. The topological polar surface area (TPSA) is 55.9 Å². The minimum Gasteiger partial charge on any atom is -0.270 e. The van der Waals surface area contributed by atoms with Crippen molar-refractivity contribution in [3.63, 3.8) is 0 Å². The lowest BCUT2D eigenvalue weighted by Gasteiger charge is -2.17. The Morgan fingerprint density at radius 2 is 2.39 bits per heavy atom. The summed E-state index contributed by atoms with van der Waals surface area (Å²) in [5.41, 5.74) is 4.88. The molecule has 1 atom stereocenters. The van der Waals surface area contributed by atoms with Crippen molar-refractivity contribution in [3.05, 3.63) is 37.2 Å². The van der Waals surface area contributed by atoms with Crippen molar-refractivity contribution in [2.45, 2.75) is 26.4 Å². The van der Waals surface area contributed by atoms with Crippen LogP contribution in [0.15, 0.2) is 16.0 Å². The first kappa shape index (κ1) is 14.0. The van der Waals surface area contributed by atoms with Crippen molar-refractivity contribution < 1.29 is 0 Å². The van der Waals surface area contributed by atoms with Crippen LogP contribution in [0, 0.1) is 6.92 Å². The van der Waals surface area contributed by atoms with Crippen LogP contribution in [0.2, 0.25) is 5.02 Å². The summed E-state index contributed by atoms with van der Waals surface area (Å²) in [7, 11) is 0. The van der Waals surface area contributed by atoms with Gasteiger partial charge in [-0.05, 0) is 40.7 Å². The van der Waals surface area contributed by atoms with Crippen molar-refractivity contribution in [2.24, 2.45) is 5.84 Å². The summed E-state index contributed by atoms with van der Waals surface area (Å²) < 4.78 is 2.83. The smallest absolute Gasteiger partial charge is 0.0996 e. The number of halogens is 2. The van der Waals surface area contributed by atoms with E-state index in [9.17, 15) is 0 Å². The number of hydrogen-bond acceptors (Lipinski definition) is 4. The number of aryl methyl sites for hydroxylation is 2. The molecule has 0 fully saturated rings. The normalized spacial score (nSPS) is 12.9. The number of nitrogens with two attached hydrogens (primary N) is 1. The highest BCUT2D eigenvalue weighted by molar-refractivity contribution is 9.10. The maximum atomic E-state index is 6.32. The molecule has 2 rings (SSSR count). The third kappa shape index (κ3) is 2.35. The van der Waals surface area contributed by atoms with E-state index in [2.05, 4.69) is 26.5 Å². The summed E-state index contributed by atoms with van der Waals surface area (Å²) in [4.78, 5) is 1.01. The standard InChI is InChI=1S/C11H14BrClN4S/c1-3-17-10(7(12)4-15-17)9(16-14)11-8(13)6(2)5-18-11/h4-5,9,16H,3,14H2,1-2H3. The van der Waals surface area contributed by atoms with Crippen molar-refractivity contribution in [1.82, 2.24) is 15.2 Å². The number of nitrogens with zero attached hydrogens (tertiary/aromatic N) is 2. The van der Waals surface area contributed by atoms with E-state index in [0.717, 1.165) is 32.2 Å². The van der Waals surface area contributed by atoms with Gasteiger partial charge in [0.2, 0.25) is 0 Å². The molecule has 0 aliphatic carbocycles. The zero-order chi connectivity index (χ0) is 13.3. The molecule has 0 saturated carbocycles. The van der Waals surface area contributed by atoms with Crippen LogP contribution < -0.4 is 11.3 Å². The summed E-state index contributed by atoms with van der Waals surface area (Å²) in [6.07, 6.45) is 1.78. The second kappa shape index (κ2) is 5.71. The second-order valence-corrected chi connectivity index (χ2v) is 6.03. The van der Waals surface area contributed by atoms with Gasteiger partial charge in [0.15, 0.2) is 0 Å². The molecule has 0 amide bonds. The molecule has 2 aromatic rings. The molecule has 2 heterocycles. The Hall–Kier alpha value is -0.400. The Bertz CT molecular complexity index is 551. The maximum Gasteiger partial charge on any atom is 0.0996 e. The fourth-order valence-electron chi connectivity index (χ4n) is 1.83. The van der Waals surface area contributed by atoms with Crippen LogP contribution in [-0.4, -0.2) is 9.78 Å². The van der Waals surface area contributed by atoms with Gasteiger partial charge in [0.25, 0.3) is 0 Å². The van der Waals surface area contributed by atoms with Gasteiger partial charge in [-0.15, -0.1) is 11.3 Å². The van der Waals surface area contributed by atoms with Gasteiger partial charge in [0.05, 0.1) is 27.4 Å². The van der Waals surface area contributed by atoms with Crippen LogP contribution >= 0.6 is 38.9 Å². The predicted octanol–water partition coefficient (Wildman–Crippen LogP) is 3.24. The second-order valence-electron chi connectivity index (χ2n) is 3.89. The van der Waals surface area contributed by atoms with Gasteiger partial charge in [-0.1, -0.05) is 11.6 Å². The van der Waals surface area contributed by atoms with Crippen LogP contribution in [0.1, 0.15) is 29.1 Å². The van der Waals surface area contributed by atoms with Gasteiger partial charge in [-0.2, -0.15) is 5.10 Å². The molecular weight excluding hydrogens is 336 g/mol. The lowest BCUT2D eigenvalue weighted by atomic mass is 10.1. The van der Waals surface area contributed by atoms with Gasteiger partial charge in [-0.3, -0.25) is 10.5 Å². The molecule has 0 saturated heterocycles. The average molecular weight is 350 g/mol. The van der Waals surface area contributed by atoms with E-state index in [1.54, 1.807) is 17.5 Å². The van der Waals surface area contributed by atoms with Gasteiger partial charge >= 0.3 is 0 Å². The molecule has 0 aliphatic rings. The van der Waals surface area contributed by atoms with E-state index in [1.165, 1.54) is 0 Å². The van der Waals surface area contributed by atoms with E-state index < -0.39 is 0 Å². The fourth-order valence-corrected chi connectivity index (χ4v) is 3.72. The molecule has 0 aromatic carbocycles. The van der Waals surface area contributed by atoms with Crippen molar-refractivity contribution in [3.8, 4) is 0 Å². The van der Waals surface area contributed by atoms with Crippen molar-refractivity contribution in [1.29, 1.82) is 0 Å². The summed E-state index contributed by atoms with van der Waals surface area (Å²) in [6.45, 7) is 4.81. The highest BCUT2D eigenvalue weighted by Gasteiger charge is 2.24. The van der Waals surface area contributed by atoms with E-state index >= 15 is 0 Å². The van der Waals surface area contributed by atoms with Crippen LogP contribution in [0.25, 0.3) is 0 Å². The molecule has 0 bridgehead atoms. The maximum absolute atomic E-state index is 6.32. The Morgan fingerprint density at radius 1 is 1.67 bits per heavy atom. The SMILES string of the molecule is CCn1ncc(Br)c1C(NN)c1scc(C)c1Cl. The Kier molecular flexibility index (Phi) is 4.45. The number of aromatic nitrogens is 2. The first-order chi connectivity index (χ1) is 8.60. The van der Waals surface area contributed by atoms with E-state index in [1.807, 2.05) is 23.9 Å². The highest BCUT2D eigenvalue weighted by atomic mass is 79.9. The molecule has 0 spiro atoms. The van der Waals surface area contributed by atoms with Crippen molar-refractivity contribution >= 4 is 38.9 Å². The van der Waals surface area contributed by atoms with Crippen LogP contribution in [-0.2, 0) is 6.54 Å². The number of hydrazine groups is 1. The number of thiophene rings is 1. The highest BCUT2D eigenvalue weighted by Crippen LogP contribution is 2.37. The first-order valence-electron chi connectivity index (χ1n) is 5.50. The molecule has 98 valence electrons. The third-order valence-electron chi connectivity index (χ3n) is 2.76. The zero-order valence-electron chi connectivity index (χ0n) is 10.1. The number of nitrogens with one attached hydrogen (secondary N) is 1. The molecule has 0 aliphatic heterocycles. The summed E-state index contributed by atoms with van der Waals surface area (Å²) in [5, 5.41) is 7.09. The molecule has 0 radical (unpaired) electrons. The number of rotatable bonds is 4. The van der Waals surface area contributed by atoms with E-state index in [4.69, 9.17) is 17.4 Å². The lowest BCUT2D eigenvalue weighted by molar-refractivity contribution is 0.547. The average Bonchev–Trinajstić information content (AvgIpc) is 2.89. The van der Waals surface area contributed by atoms with Crippen LogP contribution in [0.5, 0.6) is 0 Å². The van der Waals surface area contributed by atoms with E-state index in [-0.39, 0.29) is 6.04 Å². The summed E-state index contributed by atoms with van der Waals surface area (Å²) >= 11 is 11.4. The zero-order valence-corrected chi connectivity index (χ0v) is 13.2. The van der Waals surface area contributed by atoms with Crippen molar-refractivity contribution in [2.75, 3.05) is 0 Å². The molecule has 7 heteroatoms. The minimum absolute atomic E-state index is 0.159. The molecule has 1 unspecified atom stereocenters. The Balaban J connectivity index is 2.51. The minimum atomic E-state index is -0.159. The first-order valence-corrected chi connectivity index (χ1v) is 7.56. The van der Waals surface area contributed by atoms with Gasteiger partial charge in [-0.25, -0.2) is 5.43 Å². The monoisotopic (exact) mass is 348 g/mol. The van der Waals surface area contributed by atoms with Crippen LogP contribution in [0.3, 0.4) is 0 Å². The van der Waals surface area contributed by atoms with Crippen LogP contribution in [0.4, 0.5) is 0 Å². The Labute approximate surface area is 123 Å². The molecule has 18 heavy (non-hydrogen) atoms. The van der Waals surface area contributed by atoms with E-state index in [0.29, 0.717) is 0 Å². The molecule has 3 N–H and O–H groups in total. The lowest BCUT2D eigenvalue weighted by Crippen LogP contribution is -2.30. The largest absolute Gasteiger partial charge is 0.270 e.